The fraction of sp³-hybridized carbons (Fsp3) is 0.500. The highest BCUT2D eigenvalue weighted by Crippen LogP contribution is 2.60. The minimum atomic E-state index is -4.34. The molecule has 3 aliphatic rings. The van der Waals surface area contributed by atoms with Gasteiger partial charge >= 0.3 is 13.6 Å². The molecule has 4 aromatic rings. The number of aliphatic hydroxyl groups is 1. The number of fused-ring (bicyclic) bond motifs is 4. The van der Waals surface area contributed by atoms with Gasteiger partial charge in [0.25, 0.3) is 0 Å². The van der Waals surface area contributed by atoms with Gasteiger partial charge in [-0.25, -0.2) is 43.4 Å². The molecule has 0 spiro atoms. The maximum atomic E-state index is 16.0. The van der Waals surface area contributed by atoms with Crippen LogP contribution in [0.2, 0.25) is 0 Å². The highest BCUT2D eigenvalue weighted by molar-refractivity contribution is 8.44. The van der Waals surface area contributed by atoms with Crippen molar-refractivity contribution in [3.05, 3.63) is 25.3 Å². The van der Waals surface area contributed by atoms with Crippen LogP contribution in [0.3, 0.4) is 0 Å². The summed E-state index contributed by atoms with van der Waals surface area (Å²) in [6, 6.07) is 0. The average molecular weight is 693 g/mol. The maximum Gasteiger partial charge on any atom is 0.386 e. The van der Waals surface area contributed by atoms with Crippen LogP contribution in [0, 0.1) is 0 Å². The number of hydrogen-bond acceptors (Lipinski definition) is 17. The molecule has 7 heterocycles. The molecule has 0 bridgehead atoms. The van der Waals surface area contributed by atoms with Gasteiger partial charge in [0.1, 0.15) is 54.2 Å². The number of aliphatic hydroxyl groups excluding tert-OH is 1. The topological polar surface area (TPSA) is 249 Å². The Hall–Kier alpha value is -2.49. The molecule has 4 aromatic heterocycles. The van der Waals surface area contributed by atoms with Gasteiger partial charge in [-0.05, 0) is 0 Å². The highest BCUT2D eigenvalue weighted by atomic mass is 32.7. The minimum absolute atomic E-state index is 0.0606. The monoisotopic (exact) mass is 692 g/mol. The molecule has 0 aliphatic carbocycles. The summed E-state index contributed by atoms with van der Waals surface area (Å²) < 4.78 is 79.2. The molecule has 44 heavy (non-hydrogen) atoms. The molecule has 0 aromatic carbocycles. The molecule has 236 valence electrons. The van der Waals surface area contributed by atoms with Gasteiger partial charge in [0.05, 0.1) is 25.9 Å². The molecule has 19 nitrogen and oxygen atoms in total. The second-order valence-electron chi connectivity index (χ2n) is 9.90. The summed E-state index contributed by atoms with van der Waals surface area (Å²) in [6.07, 6.45) is -6.81. The molecule has 5 N–H and O–H groups in total. The van der Waals surface area contributed by atoms with Gasteiger partial charge in [-0.2, -0.15) is 0 Å². The Bertz CT molecular complexity index is 1710. The van der Waals surface area contributed by atoms with Crippen molar-refractivity contribution < 1.29 is 46.2 Å². The third-order valence-corrected chi connectivity index (χ3v) is 10.4. The summed E-state index contributed by atoms with van der Waals surface area (Å²) in [5.74, 6) is 0.152. The largest absolute Gasteiger partial charge is 0.386 e. The predicted molar refractivity (Wildman–Crippen MR) is 153 cm³/mol. The number of hydrogen-bond donors (Lipinski definition) is 5. The van der Waals surface area contributed by atoms with Crippen molar-refractivity contribution in [1.29, 1.82) is 0 Å². The Kier molecular flexibility index (Phi) is 7.61. The summed E-state index contributed by atoms with van der Waals surface area (Å²) >= 11 is 8.07. The van der Waals surface area contributed by atoms with Crippen LogP contribution < -0.4 is 11.5 Å². The first-order chi connectivity index (χ1) is 20.9. The van der Waals surface area contributed by atoms with E-state index in [2.05, 4.69) is 54.4 Å². The van der Waals surface area contributed by atoms with Crippen LogP contribution in [0.5, 0.6) is 0 Å². The van der Waals surface area contributed by atoms with Crippen LogP contribution >= 0.6 is 38.1 Å². The Labute approximate surface area is 256 Å². The van der Waals surface area contributed by atoms with Crippen molar-refractivity contribution >= 4 is 72.1 Å². The molecule has 0 amide bonds. The van der Waals surface area contributed by atoms with Crippen LogP contribution in [-0.4, -0.2) is 94.0 Å². The number of rotatable bonds is 2. The van der Waals surface area contributed by atoms with E-state index in [1.54, 1.807) is 0 Å². The van der Waals surface area contributed by atoms with E-state index in [1.165, 1.54) is 34.4 Å². The second kappa shape index (κ2) is 11.1. The van der Waals surface area contributed by atoms with Gasteiger partial charge in [0, 0.05) is 0 Å². The van der Waals surface area contributed by atoms with Gasteiger partial charge in [-0.3, -0.25) is 27.2 Å². The average Bonchev–Trinajstić information content (AvgIpc) is 3.73. The molecule has 3 aliphatic heterocycles. The number of alkyl halides is 1. The molecule has 1 unspecified atom stereocenters. The van der Waals surface area contributed by atoms with E-state index in [-0.39, 0.29) is 34.0 Å². The lowest BCUT2D eigenvalue weighted by molar-refractivity contribution is -0.0555. The van der Waals surface area contributed by atoms with E-state index in [9.17, 15) is 14.2 Å². The van der Waals surface area contributed by atoms with Crippen molar-refractivity contribution in [2.75, 3.05) is 24.7 Å². The highest BCUT2D eigenvalue weighted by Gasteiger charge is 2.54. The van der Waals surface area contributed by atoms with Gasteiger partial charge in [0.2, 0.25) is 0 Å². The van der Waals surface area contributed by atoms with E-state index >= 15 is 4.39 Å². The zero-order chi connectivity index (χ0) is 31.0. The van der Waals surface area contributed by atoms with Crippen molar-refractivity contribution in [2.24, 2.45) is 0 Å². The molecule has 24 heteroatoms. The molecule has 0 radical (unpaired) electrons. The lowest BCUT2D eigenvalue weighted by atomic mass is 10.1. The number of nitrogens with two attached hydrogens (primary N) is 2. The Morgan fingerprint density at radius 1 is 0.795 bits per heavy atom. The fourth-order valence-corrected chi connectivity index (χ4v) is 8.18. The van der Waals surface area contributed by atoms with E-state index < -0.39 is 76.0 Å². The first-order valence-electron chi connectivity index (χ1n) is 12.7. The maximum absolute atomic E-state index is 16.0. The molecule has 7 rings (SSSR count). The number of aromatic nitrogens is 8. The lowest BCUT2D eigenvalue weighted by Crippen LogP contribution is -2.37. The van der Waals surface area contributed by atoms with Gasteiger partial charge < -0.3 is 26.0 Å². The number of anilines is 2. The second-order valence-corrected chi connectivity index (χ2v) is 15.7. The van der Waals surface area contributed by atoms with Crippen molar-refractivity contribution in [1.82, 2.24) is 39.0 Å². The Balaban J connectivity index is 1.17. The predicted octanol–water partition coefficient (Wildman–Crippen LogP) is 1.22. The number of nitrogen functional groups attached to an aromatic ring is 2. The van der Waals surface area contributed by atoms with Crippen molar-refractivity contribution in [3.8, 4) is 0 Å². The van der Waals surface area contributed by atoms with Crippen LogP contribution in [0.4, 0.5) is 16.0 Å². The molecule has 10 atom stereocenters. The summed E-state index contributed by atoms with van der Waals surface area (Å²) in [6.45, 7) is -9.83. The SMILES string of the molecule is Nc1ncnc2c1ncn2[C@@H]1O[C@@H]2CO[P@@](=O)(S)O[C@@H]3C(CO[P@@](=O)(S)O[C@H]2[C@H]1O)O[C@@H](n1cnc2c(N)ncnc21)[C@@H]3F. The van der Waals surface area contributed by atoms with Crippen LogP contribution in [-0.2, 0) is 36.7 Å². The Morgan fingerprint density at radius 3 is 1.84 bits per heavy atom. The van der Waals surface area contributed by atoms with E-state index in [0.717, 1.165) is 0 Å². The van der Waals surface area contributed by atoms with Crippen LogP contribution in [0.15, 0.2) is 25.3 Å². The zero-order valence-electron chi connectivity index (χ0n) is 22.0. The summed E-state index contributed by atoms with van der Waals surface area (Å²) in [4.78, 5) is 24.2. The molecule has 0 saturated carbocycles. The van der Waals surface area contributed by atoms with E-state index in [4.69, 9.17) is 39.0 Å². The third kappa shape index (κ3) is 5.26. The molecular formula is C20H23FN10O9P2S2. The standard InChI is InChI=1S/C20H23FN10O9P2S2/c21-9-13-7(37-19(9)30-5-28-10-15(22)24-3-26-17(10)30)1-35-42(34,44)40-14-8(2-36-41(33,43)39-13)38-20(12(14)32)31-6-29-11-16(23)25-4-27-18(11)31/h3-9,12-14,19-20,32H,1-2H2,(H,33,43)(H,34,44)(H2,22,24,26)(H2,23,25,27)/t7?,8-,9-,12-,13-,14-,19-,20-,41-,42-/m1/s1. The molecule has 3 fully saturated rings. The van der Waals surface area contributed by atoms with Crippen LogP contribution in [0.1, 0.15) is 12.5 Å². The van der Waals surface area contributed by atoms with Crippen molar-refractivity contribution in [3.63, 3.8) is 0 Å². The number of imidazole rings is 2. The molecule has 3 saturated heterocycles. The van der Waals surface area contributed by atoms with Gasteiger partial charge in [-0.1, -0.05) is 24.5 Å². The van der Waals surface area contributed by atoms with E-state index in [0.29, 0.717) is 0 Å². The Morgan fingerprint density at radius 2 is 1.27 bits per heavy atom. The third-order valence-electron chi connectivity index (χ3n) is 7.21. The van der Waals surface area contributed by atoms with Crippen LogP contribution in [0.25, 0.3) is 22.3 Å². The molecular weight excluding hydrogens is 669 g/mol. The first-order valence-corrected chi connectivity index (χ1v) is 18.1. The number of thiol groups is 2. The normalized spacial score (nSPS) is 38.3. The summed E-state index contributed by atoms with van der Waals surface area (Å²) in [5.41, 5.74) is 12.5. The first kappa shape index (κ1) is 30.2. The van der Waals surface area contributed by atoms with Gasteiger partial charge in [0.15, 0.2) is 41.6 Å². The summed E-state index contributed by atoms with van der Waals surface area (Å²) in [5, 5.41) is 11.2. The van der Waals surface area contributed by atoms with E-state index in [1.807, 2.05) is 0 Å². The smallest absolute Gasteiger partial charge is 0.386 e. The zero-order valence-corrected chi connectivity index (χ0v) is 25.5. The minimum Gasteiger partial charge on any atom is -0.386 e. The van der Waals surface area contributed by atoms with Gasteiger partial charge in [-0.15, -0.1) is 0 Å². The van der Waals surface area contributed by atoms with Crippen molar-refractivity contribution in [2.45, 2.75) is 49.1 Å². The number of halogens is 1. The number of nitrogens with zero attached hydrogens (tertiary/aromatic N) is 8. The fourth-order valence-electron chi connectivity index (χ4n) is 5.21. The quantitative estimate of drug-likeness (QED) is 0.146. The number of ether oxygens (including phenoxy) is 2. The lowest BCUT2D eigenvalue weighted by Gasteiger charge is -2.28. The summed E-state index contributed by atoms with van der Waals surface area (Å²) in [7, 11) is 0.